The number of para-hydroxylation sites is 1. The van der Waals surface area contributed by atoms with Crippen LogP contribution in [-0.4, -0.2) is 27.3 Å². The molecule has 2 N–H and O–H groups in total. The number of hydrogen-bond donors (Lipinski definition) is 2. The first-order valence-electron chi connectivity index (χ1n) is 11.7. The molecule has 0 aliphatic carbocycles. The zero-order valence-corrected chi connectivity index (χ0v) is 20.1. The van der Waals surface area contributed by atoms with Crippen molar-refractivity contribution >= 4 is 40.5 Å². The van der Waals surface area contributed by atoms with Crippen molar-refractivity contribution in [2.75, 3.05) is 5.32 Å². The quantitative estimate of drug-likeness (QED) is 0.303. The average molecular weight is 479 g/mol. The van der Waals surface area contributed by atoms with Crippen LogP contribution in [0, 0.1) is 13.8 Å². The molecule has 180 valence electrons. The van der Waals surface area contributed by atoms with Gasteiger partial charge in [0.15, 0.2) is 0 Å². The van der Waals surface area contributed by atoms with Gasteiger partial charge in [-0.1, -0.05) is 60.2 Å². The van der Waals surface area contributed by atoms with Crippen LogP contribution in [0.1, 0.15) is 22.3 Å². The fourth-order valence-corrected chi connectivity index (χ4v) is 4.46. The van der Waals surface area contributed by atoms with Crippen molar-refractivity contribution in [2.45, 2.75) is 26.9 Å². The van der Waals surface area contributed by atoms with Crippen molar-refractivity contribution in [3.63, 3.8) is 0 Å². The molecule has 0 spiro atoms. The van der Waals surface area contributed by atoms with E-state index < -0.39 is 6.03 Å². The smallest absolute Gasteiger partial charge is 0.329 e. The van der Waals surface area contributed by atoms with E-state index in [-0.39, 0.29) is 30.6 Å². The van der Waals surface area contributed by atoms with Crippen molar-refractivity contribution in [1.82, 2.24) is 14.8 Å². The number of nitrogens with one attached hydrogen (secondary N) is 2. The number of aromatic nitrogens is 1. The summed E-state index contributed by atoms with van der Waals surface area (Å²) in [7, 11) is 0. The Bertz CT molecular complexity index is 1530. The van der Waals surface area contributed by atoms with E-state index in [0.29, 0.717) is 0 Å². The zero-order valence-electron chi connectivity index (χ0n) is 20.1. The summed E-state index contributed by atoms with van der Waals surface area (Å²) in [4.78, 5) is 39.6. The van der Waals surface area contributed by atoms with Gasteiger partial charge in [0.25, 0.3) is 5.91 Å². The number of imide groups is 1. The number of nitrogens with zero attached hydrogens (tertiary/aromatic N) is 2. The lowest BCUT2D eigenvalue weighted by atomic mass is 10.1. The van der Waals surface area contributed by atoms with Gasteiger partial charge in [0.05, 0.1) is 6.54 Å². The number of benzene rings is 3. The first-order valence-corrected chi connectivity index (χ1v) is 11.7. The lowest BCUT2D eigenvalue weighted by Crippen LogP contribution is -2.30. The summed E-state index contributed by atoms with van der Waals surface area (Å²) in [6.45, 7) is 4.25. The minimum Gasteiger partial charge on any atom is -0.337 e. The molecule has 0 atom stereocenters. The standard InChI is InChI=1S/C29H26N4O3/c1-19-7-5-9-21(13-19)16-33-28(35)25(31-29(33)36)15-22-17-32(26-12-4-3-11-24(22)26)18-27(34)30-23-10-6-8-20(2)14-23/h3-15,17H,16,18H2,1-2H3,(H,30,34)(H,31,36)/b25-15+. The first kappa shape index (κ1) is 23.1. The second kappa shape index (κ2) is 9.54. The van der Waals surface area contributed by atoms with Crippen molar-refractivity contribution in [3.05, 3.63) is 107 Å². The van der Waals surface area contributed by atoms with Gasteiger partial charge in [-0.25, -0.2) is 4.79 Å². The Morgan fingerprint density at radius 2 is 1.69 bits per heavy atom. The van der Waals surface area contributed by atoms with E-state index in [1.807, 2.05) is 97.4 Å². The molecule has 0 unspecified atom stereocenters. The predicted molar refractivity (Wildman–Crippen MR) is 140 cm³/mol. The molecule has 1 aromatic heterocycles. The molecular weight excluding hydrogens is 452 g/mol. The number of fused-ring (bicyclic) bond motifs is 1. The highest BCUT2D eigenvalue weighted by Gasteiger charge is 2.33. The third-order valence-electron chi connectivity index (χ3n) is 6.12. The molecule has 1 aliphatic heterocycles. The van der Waals surface area contributed by atoms with Crippen molar-refractivity contribution < 1.29 is 14.4 Å². The van der Waals surface area contributed by atoms with E-state index in [1.165, 1.54) is 4.90 Å². The van der Waals surface area contributed by atoms with Crippen molar-refractivity contribution in [3.8, 4) is 0 Å². The van der Waals surface area contributed by atoms with E-state index in [4.69, 9.17) is 0 Å². The molecule has 1 fully saturated rings. The molecule has 0 radical (unpaired) electrons. The normalized spacial score (nSPS) is 14.5. The third kappa shape index (κ3) is 4.77. The van der Waals surface area contributed by atoms with Gasteiger partial charge >= 0.3 is 6.03 Å². The van der Waals surface area contributed by atoms with Gasteiger partial charge in [-0.05, 0) is 49.2 Å². The first-order chi connectivity index (χ1) is 17.4. The molecule has 0 bridgehead atoms. The van der Waals surface area contributed by atoms with Gasteiger partial charge in [-0.15, -0.1) is 0 Å². The van der Waals surface area contributed by atoms with Crippen LogP contribution in [0.25, 0.3) is 17.0 Å². The summed E-state index contributed by atoms with van der Waals surface area (Å²) in [5, 5.41) is 6.51. The lowest BCUT2D eigenvalue weighted by molar-refractivity contribution is -0.123. The molecule has 7 nitrogen and oxygen atoms in total. The predicted octanol–water partition coefficient (Wildman–Crippen LogP) is 4.99. The molecule has 1 aliphatic rings. The summed E-state index contributed by atoms with van der Waals surface area (Å²) in [5.41, 5.74) is 5.57. The van der Waals surface area contributed by atoms with Crippen LogP contribution in [0.15, 0.2) is 84.7 Å². The number of carbonyl (C=O) groups is 3. The van der Waals surface area contributed by atoms with Crippen molar-refractivity contribution in [1.29, 1.82) is 0 Å². The maximum Gasteiger partial charge on any atom is 0.329 e. The summed E-state index contributed by atoms with van der Waals surface area (Å²) in [6.07, 6.45) is 3.50. The second-order valence-corrected chi connectivity index (χ2v) is 9.02. The fourth-order valence-electron chi connectivity index (χ4n) is 4.46. The number of rotatable bonds is 6. The van der Waals surface area contributed by atoms with Gasteiger partial charge < -0.3 is 15.2 Å². The average Bonchev–Trinajstić information content (AvgIpc) is 3.31. The largest absolute Gasteiger partial charge is 0.337 e. The Balaban J connectivity index is 1.39. The van der Waals surface area contributed by atoms with Crippen LogP contribution in [0.5, 0.6) is 0 Å². The summed E-state index contributed by atoms with van der Waals surface area (Å²) in [6, 6.07) is 22.6. The minimum atomic E-state index is -0.450. The number of hydrogen-bond acceptors (Lipinski definition) is 3. The van der Waals surface area contributed by atoms with Crippen LogP contribution >= 0.6 is 0 Å². The highest BCUT2D eigenvalue weighted by molar-refractivity contribution is 6.14. The third-order valence-corrected chi connectivity index (χ3v) is 6.12. The van der Waals surface area contributed by atoms with E-state index in [1.54, 1.807) is 6.08 Å². The Morgan fingerprint density at radius 3 is 2.47 bits per heavy atom. The number of carbonyl (C=O) groups excluding carboxylic acids is 3. The molecule has 36 heavy (non-hydrogen) atoms. The van der Waals surface area contributed by atoms with E-state index >= 15 is 0 Å². The van der Waals surface area contributed by atoms with E-state index in [9.17, 15) is 14.4 Å². The van der Waals surface area contributed by atoms with Gasteiger partial charge in [0, 0.05) is 28.4 Å². The molecule has 4 amide bonds. The minimum absolute atomic E-state index is 0.109. The summed E-state index contributed by atoms with van der Waals surface area (Å²) < 4.78 is 1.85. The zero-order chi connectivity index (χ0) is 25.2. The Kier molecular flexibility index (Phi) is 6.12. The highest BCUT2D eigenvalue weighted by Crippen LogP contribution is 2.25. The molecule has 0 saturated carbocycles. The van der Waals surface area contributed by atoms with Crippen molar-refractivity contribution in [2.24, 2.45) is 0 Å². The number of amides is 4. The van der Waals surface area contributed by atoms with E-state index in [2.05, 4.69) is 10.6 Å². The van der Waals surface area contributed by atoms with Gasteiger partial charge in [-0.2, -0.15) is 0 Å². The maximum atomic E-state index is 13.1. The number of urea groups is 1. The van der Waals surface area contributed by atoms with Crippen LogP contribution in [0.2, 0.25) is 0 Å². The van der Waals surface area contributed by atoms with Gasteiger partial charge in [-0.3, -0.25) is 14.5 Å². The van der Waals surface area contributed by atoms with Crippen LogP contribution in [0.4, 0.5) is 10.5 Å². The number of anilines is 1. The number of aryl methyl sites for hydroxylation is 2. The molecule has 2 heterocycles. The molecule has 1 saturated heterocycles. The van der Waals surface area contributed by atoms with E-state index in [0.717, 1.165) is 38.8 Å². The topological polar surface area (TPSA) is 83.4 Å². The lowest BCUT2D eigenvalue weighted by Gasteiger charge is -2.12. The monoisotopic (exact) mass is 478 g/mol. The molecule has 3 aromatic carbocycles. The Labute approximate surface area is 209 Å². The fraction of sp³-hybridized carbons (Fsp3) is 0.138. The SMILES string of the molecule is Cc1cccc(CN2C(=O)N/C(=C/c3cn(CC(=O)Nc4cccc(C)c4)c4ccccc34)C2=O)c1. The van der Waals surface area contributed by atoms with Gasteiger partial charge in [0.1, 0.15) is 12.2 Å². The highest BCUT2D eigenvalue weighted by atomic mass is 16.2. The summed E-state index contributed by atoms with van der Waals surface area (Å²) in [5.74, 6) is -0.536. The van der Waals surface area contributed by atoms with Gasteiger partial charge in [0.2, 0.25) is 5.91 Å². The van der Waals surface area contributed by atoms with Crippen LogP contribution in [-0.2, 0) is 22.7 Å². The van der Waals surface area contributed by atoms with Crippen LogP contribution in [0.3, 0.4) is 0 Å². The van der Waals surface area contributed by atoms with Crippen LogP contribution < -0.4 is 10.6 Å². The molecule has 7 heteroatoms. The molecule has 4 aromatic rings. The molecule has 5 rings (SSSR count). The molecular formula is C29H26N4O3. The maximum absolute atomic E-state index is 13.1. The Morgan fingerprint density at radius 1 is 0.944 bits per heavy atom. The Hall–Kier alpha value is -4.65. The second-order valence-electron chi connectivity index (χ2n) is 9.02. The summed E-state index contributed by atoms with van der Waals surface area (Å²) >= 11 is 0.